The predicted molar refractivity (Wildman–Crippen MR) is 79.7 cm³/mol. The molecular weight excluding hydrogens is 298 g/mol. The molecule has 0 bridgehead atoms. The molecule has 3 aliphatic heterocycles. The number of aromatic nitrogens is 1. The van der Waals surface area contributed by atoms with Gasteiger partial charge in [0.1, 0.15) is 11.8 Å². The minimum absolute atomic E-state index is 0.00711. The van der Waals surface area contributed by atoms with E-state index in [0.29, 0.717) is 36.7 Å². The van der Waals surface area contributed by atoms with Crippen LogP contribution in [0.25, 0.3) is 0 Å². The molecule has 3 atom stereocenters. The Kier molecular flexibility index (Phi) is 3.60. The molecule has 3 aliphatic rings. The number of rotatable bonds is 3. The van der Waals surface area contributed by atoms with E-state index >= 15 is 0 Å². The van der Waals surface area contributed by atoms with Crippen molar-refractivity contribution in [3.63, 3.8) is 0 Å². The molecule has 124 valence electrons. The molecule has 4 rings (SSSR count). The molecule has 23 heavy (non-hydrogen) atoms. The molecule has 7 nitrogen and oxygen atoms in total. The lowest BCUT2D eigenvalue weighted by molar-refractivity contribution is -0.137. The zero-order chi connectivity index (χ0) is 16.0. The van der Waals surface area contributed by atoms with Crippen LogP contribution in [0.2, 0.25) is 0 Å². The molecule has 0 unspecified atom stereocenters. The number of carbonyl (C=O) groups excluding carboxylic acids is 2. The quantitative estimate of drug-likeness (QED) is 0.825. The SMILES string of the molecule is Cc1nocc1C(=O)N1C[C@@H]2C[C@@H](CC(=O)N3CCC3)O[C@@H]2C1. The van der Waals surface area contributed by atoms with Crippen LogP contribution in [0.15, 0.2) is 10.8 Å². The Morgan fingerprint density at radius 2 is 2.13 bits per heavy atom. The first-order valence-electron chi connectivity index (χ1n) is 8.25. The summed E-state index contributed by atoms with van der Waals surface area (Å²) >= 11 is 0. The molecule has 0 aromatic carbocycles. The average Bonchev–Trinajstić information content (AvgIpc) is 3.10. The normalized spacial score (nSPS) is 29.5. The largest absolute Gasteiger partial charge is 0.372 e. The van der Waals surface area contributed by atoms with Crippen molar-refractivity contribution in [1.82, 2.24) is 15.0 Å². The van der Waals surface area contributed by atoms with Crippen LogP contribution in [-0.2, 0) is 9.53 Å². The molecule has 4 heterocycles. The van der Waals surface area contributed by atoms with Gasteiger partial charge in [-0.1, -0.05) is 5.16 Å². The fourth-order valence-electron chi connectivity index (χ4n) is 3.72. The number of carbonyl (C=O) groups is 2. The molecule has 2 amide bonds. The molecular formula is C16H21N3O4. The maximum Gasteiger partial charge on any atom is 0.259 e. The van der Waals surface area contributed by atoms with Gasteiger partial charge in [0.05, 0.1) is 24.3 Å². The van der Waals surface area contributed by atoms with E-state index in [9.17, 15) is 9.59 Å². The van der Waals surface area contributed by atoms with Gasteiger partial charge in [-0.2, -0.15) is 0 Å². The van der Waals surface area contributed by atoms with E-state index in [1.165, 1.54) is 6.26 Å². The van der Waals surface area contributed by atoms with Gasteiger partial charge in [-0.25, -0.2) is 0 Å². The predicted octanol–water partition coefficient (Wildman–Crippen LogP) is 0.835. The summed E-state index contributed by atoms with van der Waals surface area (Å²) in [6.45, 7) is 4.81. The van der Waals surface area contributed by atoms with E-state index in [2.05, 4.69) is 5.16 Å². The molecule has 7 heteroatoms. The maximum atomic E-state index is 12.5. The third-order valence-corrected chi connectivity index (χ3v) is 5.19. The van der Waals surface area contributed by atoms with Gasteiger partial charge in [0.25, 0.3) is 5.91 Å². The minimum Gasteiger partial charge on any atom is -0.372 e. The third kappa shape index (κ3) is 2.63. The van der Waals surface area contributed by atoms with Crippen molar-refractivity contribution in [1.29, 1.82) is 0 Å². The number of hydrogen-bond donors (Lipinski definition) is 0. The van der Waals surface area contributed by atoms with E-state index in [0.717, 1.165) is 25.9 Å². The molecule has 1 aromatic rings. The van der Waals surface area contributed by atoms with Crippen molar-refractivity contribution >= 4 is 11.8 Å². The van der Waals surface area contributed by atoms with Crippen molar-refractivity contribution in [2.75, 3.05) is 26.2 Å². The standard InChI is InChI=1S/C16H21N3O4/c1-10-13(9-22-17-10)16(21)19-7-11-5-12(23-14(11)8-19)6-15(20)18-3-2-4-18/h9,11-12,14H,2-8H2,1H3/t11-,12-,14+/m0/s1. The Morgan fingerprint density at radius 3 is 2.74 bits per heavy atom. The highest BCUT2D eigenvalue weighted by Gasteiger charge is 2.44. The van der Waals surface area contributed by atoms with Gasteiger partial charge in [-0.05, 0) is 19.8 Å². The first kappa shape index (κ1) is 14.7. The van der Waals surface area contributed by atoms with Gasteiger partial charge in [0, 0.05) is 32.1 Å². The Bertz CT molecular complexity index is 611. The van der Waals surface area contributed by atoms with Gasteiger partial charge < -0.3 is 19.1 Å². The van der Waals surface area contributed by atoms with Crippen LogP contribution in [0.4, 0.5) is 0 Å². The van der Waals surface area contributed by atoms with Crippen LogP contribution in [0.1, 0.15) is 35.3 Å². The molecule has 0 saturated carbocycles. The average molecular weight is 319 g/mol. The zero-order valence-electron chi connectivity index (χ0n) is 13.2. The molecule has 1 aromatic heterocycles. The lowest BCUT2D eigenvalue weighted by Crippen LogP contribution is -2.43. The third-order valence-electron chi connectivity index (χ3n) is 5.19. The molecule has 3 saturated heterocycles. The number of aryl methyl sites for hydroxylation is 1. The van der Waals surface area contributed by atoms with Crippen molar-refractivity contribution in [3.05, 3.63) is 17.5 Å². The van der Waals surface area contributed by atoms with Gasteiger partial charge in [-0.3, -0.25) is 9.59 Å². The second-order valence-corrected chi connectivity index (χ2v) is 6.75. The van der Waals surface area contributed by atoms with Gasteiger partial charge in [-0.15, -0.1) is 0 Å². The molecule has 0 radical (unpaired) electrons. The molecule has 0 spiro atoms. The highest BCUT2D eigenvalue weighted by atomic mass is 16.5. The number of ether oxygens (including phenoxy) is 1. The van der Waals surface area contributed by atoms with Crippen LogP contribution < -0.4 is 0 Å². The van der Waals surface area contributed by atoms with Crippen LogP contribution in [-0.4, -0.2) is 65.2 Å². The summed E-state index contributed by atoms with van der Waals surface area (Å²) in [5, 5.41) is 3.76. The minimum atomic E-state index is -0.0463. The fraction of sp³-hybridized carbons (Fsp3) is 0.688. The van der Waals surface area contributed by atoms with Crippen molar-refractivity contribution in [2.24, 2.45) is 5.92 Å². The van der Waals surface area contributed by atoms with Crippen LogP contribution >= 0.6 is 0 Å². The first-order chi connectivity index (χ1) is 11.1. The smallest absolute Gasteiger partial charge is 0.259 e. The highest BCUT2D eigenvalue weighted by Crippen LogP contribution is 2.35. The van der Waals surface area contributed by atoms with E-state index in [1.807, 2.05) is 9.80 Å². The van der Waals surface area contributed by atoms with Crippen LogP contribution in [0, 0.1) is 12.8 Å². The van der Waals surface area contributed by atoms with E-state index in [-0.39, 0.29) is 24.0 Å². The first-order valence-corrected chi connectivity index (χ1v) is 8.25. The Labute approximate surface area is 134 Å². The number of hydrogen-bond acceptors (Lipinski definition) is 5. The summed E-state index contributed by atoms with van der Waals surface area (Å²) in [5.74, 6) is 0.484. The Hall–Kier alpha value is -1.89. The summed E-state index contributed by atoms with van der Waals surface area (Å²) < 4.78 is 10.9. The van der Waals surface area contributed by atoms with E-state index in [1.54, 1.807) is 6.92 Å². The molecule has 0 aliphatic carbocycles. The van der Waals surface area contributed by atoms with Gasteiger partial charge >= 0.3 is 0 Å². The molecule has 3 fully saturated rings. The lowest BCUT2D eigenvalue weighted by atomic mass is 10.0. The highest BCUT2D eigenvalue weighted by molar-refractivity contribution is 5.95. The monoisotopic (exact) mass is 319 g/mol. The second kappa shape index (κ2) is 5.63. The summed E-state index contributed by atoms with van der Waals surface area (Å²) in [6, 6.07) is 0. The number of likely N-dealkylation sites (tertiary alicyclic amines) is 2. The molecule has 0 N–H and O–H groups in total. The lowest BCUT2D eigenvalue weighted by Gasteiger charge is -2.31. The summed E-state index contributed by atoms with van der Waals surface area (Å²) in [6.07, 6.45) is 3.91. The van der Waals surface area contributed by atoms with Crippen molar-refractivity contribution < 1.29 is 18.8 Å². The van der Waals surface area contributed by atoms with Gasteiger partial charge in [0.2, 0.25) is 5.91 Å². The number of fused-ring (bicyclic) bond motifs is 1. The maximum absolute atomic E-state index is 12.5. The summed E-state index contributed by atoms with van der Waals surface area (Å²) in [4.78, 5) is 28.2. The Balaban J connectivity index is 1.32. The zero-order valence-corrected chi connectivity index (χ0v) is 13.2. The van der Waals surface area contributed by atoms with Crippen LogP contribution in [0.5, 0.6) is 0 Å². The Morgan fingerprint density at radius 1 is 1.30 bits per heavy atom. The number of nitrogens with zero attached hydrogens (tertiary/aromatic N) is 3. The fourth-order valence-corrected chi connectivity index (χ4v) is 3.72. The van der Waals surface area contributed by atoms with Crippen LogP contribution in [0.3, 0.4) is 0 Å². The van der Waals surface area contributed by atoms with Gasteiger partial charge in [0.15, 0.2) is 0 Å². The second-order valence-electron chi connectivity index (χ2n) is 6.75. The summed E-state index contributed by atoms with van der Waals surface area (Å²) in [7, 11) is 0. The van der Waals surface area contributed by atoms with Crippen molar-refractivity contribution in [3.8, 4) is 0 Å². The van der Waals surface area contributed by atoms with E-state index < -0.39 is 0 Å². The van der Waals surface area contributed by atoms with Crippen molar-refractivity contribution in [2.45, 2.75) is 38.4 Å². The summed E-state index contributed by atoms with van der Waals surface area (Å²) in [5.41, 5.74) is 1.14. The number of amides is 2. The topological polar surface area (TPSA) is 75.9 Å². The van der Waals surface area contributed by atoms with E-state index in [4.69, 9.17) is 9.26 Å².